The molecule has 2 amide bonds. The van der Waals surface area contributed by atoms with Crippen LogP contribution in [0.2, 0.25) is 5.02 Å². The Morgan fingerprint density at radius 3 is 2.35 bits per heavy atom. The lowest BCUT2D eigenvalue weighted by Crippen LogP contribution is -2.17. The molecule has 65 heavy (non-hydrogen) atoms. The van der Waals surface area contributed by atoms with E-state index in [-0.39, 0.29) is 31.7 Å². The number of nitrogens with zero attached hydrogens (tertiary/aromatic N) is 6. The minimum atomic E-state index is -0.577. The van der Waals surface area contributed by atoms with Crippen molar-refractivity contribution in [2.45, 2.75) is 39.7 Å². The highest BCUT2D eigenvalue weighted by molar-refractivity contribution is 7.59. The van der Waals surface area contributed by atoms with Crippen LogP contribution < -0.4 is 20.7 Å². The lowest BCUT2D eigenvalue weighted by Gasteiger charge is -2.13. The Labute approximate surface area is 392 Å². The zero-order chi connectivity index (χ0) is 44.6. The van der Waals surface area contributed by atoms with Crippen molar-refractivity contribution in [1.29, 1.82) is 5.26 Å². The standard InChI is InChI=1S/C47H46ClN9O6S.H2S/c1-28-29(2)64-47-44(28)45(31-4-7-34(48)8-5-31)54-39(46-56-55-30(3)57(46)47)26-43(59)51-35-9-11-36(12-10-35)63-23-22-62-21-20-61-19-18-60-17-16-50-41-15-13-37(40(27-49)52-41)32-6-14-38-33(24-32)25-42(58)53-38;/h4-15,24,39H,16-23,25-26H2,1-3H3,(H,50,52)(H,51,59)(H,53,58);1H2/t39-;/m0./s1. The van der Waals surface area contributed by atoms with Crippen LogP contribution >= 0.6 is 36.4 Å². The lowest BCUT2D eigenvalue weighted by molar-refractivity contribution is -0.117. The number of aryl methyl sites for hydroxylation is 2. The number of aromatic nitrogens is 4. The number of benzene rings is 3. The Bertz CT molecular complexity index is 2730. The number of halogens is 1. The van der Waals surface area contributed by atoms with E-state index in [1.807, 2.05) is 66.1 Å². The number of pyridine rings is 1. The summed E-state index contributed by atoms with van der Waals surface area (Å²) in [4.78, 5) is 36.0. The first kappa shape index (κ1) is 46.9. The SMILES string of the molecule is Cc1sc2c(c1C)C(c1ccc(Cl)cc1)=N[C@@H](CC(=O)Nc1ccc(OCCOCCOCCOCCNc3ccc(-c4ccc5c(c4)CC(=O)N5)c(C#N)n3)cc1)c1nnc(C)n1-2.S. The fraction of sp³-hybridized carbons (Fsp3) is 0.298. The molecule has 2 aliphatic rings. The van der Waals surface area contributed by atoms with Gasteiger partial charge in [0.1, 0.15) is 41.1 Å². The summed E-state index contributed by atoms with van der Waals surface area (Å²) in [5.74, 6) is 2.33. The lowest BCUT2D eigenvalue weighted by atomic mass is 9.99. The maximum absolute atomic E-state index is 13.5. The number of anilines is 3. The van der Waals surface area contributed by atoms with Gasteiger partial charge in [0.05, 0.1) is 58.2 Å². The quantitative estimate of drug-likeness (QED) is 0.0670. The Morgan fingerprint density at radius 2 is 1.62 bits per heavy atom. The van der Waals surface area contributed by atoms with Crippen LogP contribution in [0, 0.1) is 32.1 Å². The molecule has 3 aromatic heterocycles. The van der Waals surface area contributed by atoms with Gasteiger partial charge in [0.25, 0.3) is 0 Å². The van der Waals surface area contributed by atoms with Crippen LogP contribution in [-0.2, 0) is 30.2 Å². The predicted octanol–water partition coefficient (Wildman–Crippen LogP) is 7.91. The van der Waals surface area contributed by atoms with Gasteiger partial charge in [-0.05, 0) is 98.1 Å². The van der Waals surface area contributed by atoms with E-state index in [1.165, 1.54) is 4.88 Å². The number of amides is 2. The van der Waals surface area contributed by atoms with Crippen LogP contribution in [0.4, 0.5) is 17.2 Å². The number of rotatable bonds is 19. The van der Waals surface area contributed by atoms with E-state index in [4.69, 9.17) is 35.5 Å². The molecule has 0 saturated heterocycles. The summed E-state index contributed by atoms with van der Waals surface area (Å²) in [5, 5.41) is 29.2. The number of aliphatic imine (C=N–C) groups is 1. The van der Waals surface area contributed by atoms with Gasteiger partial charge in [-0.3, -0.25) is 19.1 Å². The maximum Gasteiger partial charge on any atom is 0.228 e. The fourth-order valence-electron chi connectivity index (χ4n) is 7.44. The van der Waals surface area contributed by atoms with Crippen LogP contribution in [-0.4, -0.2) is 90.1 Å². The number of nitriles is 1. The van der Waals surface area contributed by atoms with E-state index in [1.54, 1.807) is 35.6 Å². The third-order valence-corrected chi connectivity index (χ3v) is 12.2. The van der Waals surface area contributed by atoms with Gasteiger partial charge in [-0.25, -0.2) is 4.98 Å². The maximum atomic E-state index is 13.5. The van der Waals surface area contributed by atoms with Gasteiger partial charge in [-0.1, -0.05) is 29.8 Å². The molecule has 0 spiro atoms. The normalized spacial score (nSPS) is 13.6. The number of fused-ring (bicyclic) bond motifs is 4. The molecule has 3 aromatic carbocycles. The second-order valence-electron chi connectivity index (χ2n) is 15.1. The van der Waals surface area contributed by atoms with Crippen molar-refractivity contribution in [2.75, 3.05) is 68.7 Å². The minimum Gasteiger partial charge on any atom is -0.491 e. The second-order valence-corrected chi connectivity index (χ2v) is 16.7. The molecular formula is C47H48ClN9O6S2. The zero-order valence-electron chi connectivity index (χ0n) is 36.1. The third kappa shape index (κ3) is 11.2. The van der Waals surface area contributed by atoms with Crippen LogP contribution in [0.5, 0.6) is 5.75 Å². The summed E-state index contributed by atoms with van der Waals surface area (Å²) in [6, 6.07) is 25.7. The molecule has 0 saturated carbocycles. The topological polar surface area (TPSA) is 187 Å². The molecule has 2 aliphatic heterocycles. The van der Waals surface area contributed by atoms with Crippen molar-refractivity contribution in [3.63, 3.8) is 0 Å². The summed E-state index contributed by atoms with van der Waals surface area (Å²) < 4.78 is 24.8. The molecule has 0 unspecified atom stereocenters. The van der Waals surface area contributed by atoms with E-state index >= 15 is 0 Å². The summed E-state index contributed by atoms with van der Waals surface area (Å²) >= 11 is 7.91. The van der Waals surface area contributed by atoms with Crippen molar-refractivity contribution >= 4 is 71.2 Å². The van der Waals surface area contributed by atoms with E-state index < -0.39 is 6.04 Å². The number of carbonyl (C=O) groups excluding carboxylic acids is 2. The molecular weight excluding hydrogens is 886 g/mol. The van der Waals surface area contributed by atoms with Gasteiger partial charge in [-0.2, -0.15) is 18.8 Å². The average molecular weight is 935 g/mol. The minimum absolute atomic E-state index is 0. The van der Waals surface area contributed by atoms with Gasteiger partial charge in [-0.15, -0.1) is 21.5 Å². The first-order valence-corrected chi connectivity index (χ1v) is 22.0. The smallest absolute Gasteiger partial charge is 0.228 e. The van der Waals surface area contributed by atoms with E-state index in [0.29, 0.717) is 98.6 Å². The monoisotopic (exact) mass is 933 g/mol. The van der Waals surface area contributed by atoms with Gasteiger partial charge in [0.2, 0.25) is 11.8 Å². The van der Waals surface area contributed by atoms with Crippen molar-refractivity contribution in [2.24, 2.45) is 4.99 Å². The molecule has 5 heterocycles. The highest BCUT2D eigenvalue weighted by Gasteiger charge is 2.32. The first-order chi connectivity index (χ1) is 31.1. The van der Waals surface area contributed by atoms with Crippen LogP contribution in [0.25, 0.3) is 16.1 Å². The molecule has 15 nitrogen and oxygen atoms in total. The third-order valence-electron chi connectivity index (χ3n) is 10.7. The number of nitrogens with one attached hydrogen (secondary N) is 3. The molecule has 0 bridgehead atoms. The number of hydrogen-bond acceptors (Lipinski definition) is 13. The Hall–Kier alpha value is -6.13. The van der Waals surface area contributed by atoms with E-state index in [0.717, 1.165) is 50.0 Å². The molecule has 0 aliphatic carbocycles. The Morgan fingerprint density at radius 1 is 0.908 bits per heavy atom. The molecule has 0 fully saturated rings. The summed E-state index contributed by atoms with van der Waals surface area (Å²) in [6.45, 7) is 9.45. The summed E-state index contributed by atoms with van der Waals surface area (Å²) in [7, 11) is 0. The van der Waals surface area contributed by atoms with Crippen molar-refractivity contribution in [3.05, 3.63) is 128 Å². The number of thiophene rings is 1. The van der Waals surface area contributed by atoms with Gasteiger partial charge in [0, 0.05) is 44.5 Å². The molecule has 6 aromatic rings. The fourth-order valence-corrected chi connectivity index (χ4v) is 8.78. The Balaban J connectivity index is 0.00000630. The van der Waals surface area contributed by atoms with Gasteiger partial charge < -0.3 is 34.9 Å². The van der Waals surface area contributed by atoms with Crippen molar-refractivity contribution in [3.8, 4) is 27.9 Å². The van der Waals surface area contributed by atoms with Crippen LogP contribution in [0.1, 0.15) is 56.9 Å². The number of hydrogen-bond donors (Lipinski definition) is 3. The molecule has 336 valence electrons. The summed E-state index contributed by atoms with van der Waals surface area (Å²) in [6.07, 6.45) is 0.393. The molecule has 3 N–H and O–H groups in total. The highest BCUT2D eigenvalue weighted by Crippen LogP contribution is 2.40. The largest absolute Gasteiger partial charge is 0.491 e. The molecule has 18 heteroatoms. The molecule has 0 radical (unpaired) electrons. The first-order valence-electron chi connectivity index (χ1n) is 20.9. The van der Waals surface area contributed by atoms with Crippen LogP contribution in [0.15, 0.2) is 83.9 Å². The Kier molecular flexibility index (Phi) is 15.6. The molecule has 1 atom stereocenters. The van der Waals surface area contributed by atoms with Crippen molar-refractivity contribution < 1.29 is 28.5 Å². The van der Waals surface area contributed by atoms with Crippen LogP contribution in [0.3, 0.4) is 0 Å². The predicted molar refractivity (Wildman–Crippen MR) is 257 cm³/mol. The second kappa shape index (κ2) is 21.7. The average Bonchev–Trinajstić information content (AvgIpc) is 3.93. The van der Waals surface area contributed by atoms with Gasteiger partial charge in [0.15, 0.2) is 11.5 Å². The number of ether oxygens (including phenoxy) is 4. The van der Waals surface area contributed by atoms with E-state index in [2.05, 4.69) is 51.0 Å². The number of carbonyl (C=O) groups is 2. The molecule has 8 rings (SSSR count). The van der Waals surface area contributed by atoms with Gasteiger partial charge >= 0.3 is 0 Å². The van der Waals surface area contributed by atoms with E-state index in [9.17, 15) is 14.9 Å². The summed E-state index contributed by atoms with van der Waals surface area (Å²) in [5.41, 5.74) is 8.05. The zero-order valence-corrected chi connectivity index (χ0v) is 38.6. The highest BCUT2D eigenvalue weighted by atomic mass is 35.5. The van der Waals surface area contributed by atoms with Crippen molar-refractivity contribution in [1.82, 2.24) is 19.7 Å².